The summed E-state index contributed by atoms with van der Waals surface area (Å²) < 4.78 is 4.96. The molecule has 106 valence electrons. The molecule has 0 atom stereocenters. The molecule has 0 spiro atoms. The molecule has 1 rings (SSSR count). The summed E-state index contributed by atoms with van der Waals surface area (Å²) in [6.45, 7) is 1.50. The molecule has 0 aliphatic heterocycles. The third kappa shape index (κ3) is 5.52. The quantitative estimate of drug-likeness (QED) is 0.405. The Kier molecular flexibility index (Phi) is 6.59. The summed E-state index contributed by atoms with van der Waals surface area (Å²) in [7, 11) is 3.37. The molecule has 0 aromatic carbocycles. The number of methoxy groups -OCH3 is 1. The van der Waals surface area contributed by atoms with Crippen molar-refractivity contribution in [3.8, 4) is 0 Å². The van der Waals surface area contributed by atoms with Crippen molar-refractivity contribution in [3.63, 3.8) is 0 Å². The molecule has 0 saturated heterocycles. The number of pyridine rings is 1. The van der Waals surface area contributed by atoms with E-state index in [0.29, 0.717) is 11.6 Å². The predicted octanol–water partition coefficient (Wildman–Crippen LogP) is 2.26. The van der Waals surface area contributed by atoms with Gasteiger partial charge in [0.1, 0.15) is 11.6 Å². The Labute approximate surface area is 112 Å². The number of hydrogen-bond donors (Lipinski definition) is 2. The summed E-state index contributed by atoms with van der Waals surface area (Å²) in [6.07, 6.45) is 3.04. The molecular formula is C12H20N4O3. The zero-order chi connectivity index (χ0) is 14.1. The number of rotatable bonds is 9. The van der Waals surface area contributed by atoms with Gasteiger partial charge < -0.3 is 15.4 Å². The minimum Gasteiger partial charge on any atom is -0.385 e. The highest BCUT2D eigenvalue weighted by Crippen LogP contribution is 2.20. The van der Waals surface area contributed by atoms with Crippen molar-refractivity contribution in [2.75, 3.05) is 37.9 Å². The average molecular weight is 268 g/mol. The highest BCUT2D eigenvalue weighted by Gasteiger charge is 2.10. The van der Waals surface area contributed by atoms with Crippen molar-refractivity contribution in [1.29, 1.82) is 0 Å². The normalized spacial score (nSPS) is 10.2. The van der Waals surface area contributed by atoms with E-state index in [2.05, 4.69) is 15.6 Å². The van der Waals surface area contributed by atoms with Crippen LogP contribution < -0.4 is 10.6 Å². The van der Waals surface area contributed by atoms with Crippen LogP contribution in [0.4, 0.5) is 17.3 Å². The lowest BCUT2D eigenvalue weighted by molar-refractivity contribution is -0.384. The van der Waals surface area contributed by atoms with Crippen molar-refractivity contribution in [2.24, 2.45) is 0 Å². The first kappa shape index (κ1) is 15.2. The van der Waals surface area contributed by atoms with Gasteiger partial charge in [0.25, 0.3) is 5.69 Å². The average Bonchev–Trinajstić information content (AvgIpc) is 2.42. The minimum atomic E-state index is -0.424. The van der Waals surface area contributed by atoms with E-state index in [0.717, 1.165) is 32.4 Å². The standard InChI is InChI=1S/C12H20N4O3/c1-13-11-8-10(16(17)18)9-12(15-11)14-6-4-3-5-7-19-2/h8-9H,3-7H2,1-2H3,(H2,13,14,15). The Morgan fingerprint density at radius 3 is 2.68 bits per heavy atom. The van der Waals surface area contributed by atoms with Gasteiger partial charge in [-0.25, -0.2) is 4.98 Å². The number of unbranched alkanes of at least 4 members (excludes halogenated alkanes) is 2. The molecule has 1 aromatic rings. The predicted molar refractivity (Wildman–Crippen MR) is 74.7 cm³/mol. The number of nitrogens with zero attached hydrogens (tertiary/aromatic N) is 2. The summed E-state index contributed by atoms with van der Waals surface area (Å²) >= 11 is 0. The van der Waals surface area contributed by atoms with Crippen LogP contribution in [0.25, 0.3) is 0 Å². The van der Waals surface area contributed by atoms with Gasteiger partial charge in [-0.05, 0) is 19.3 Å². The smallest absolute Gasteiger partial charge is 0.276 e. The number of anilines is 2. The van der Waals surface area contributed by atoms with E-state index in [9.17, 15) is 10.1 Å². The molecule has 2 N–H and O–H groups in total. The van der Waals surface area contributed by atoms with Gasteiger partial charge in [-0.15, -0.1) is 0 Å². The molecule has 0 fully saturated rings. The van der Waals surface area contributed by atoms with Crippen LogP contribution in [-0.2, 0) is 4.74 Å². The second-order valence-corrected chi connectivity index (χ2v) is 4.08. The Hall–Kier alpha value is -1.89. The fourth-order valence-electron chi connectivity index (χ4n) is 1.60. The number of aromatic nitrogens is 1. The summed E-state index contributed by atoms with van der Waals surface area (Å²) in [5.41, 5.74) is 0.0289. The maximum atomic E-state index is 10.8. The molecule has 19 heavy (non-hydrogen) atoms. The lowest BCUT2D eigenvalue weighted by atomic mass is 10.2. The van der Waals surface area contributed by atoms with Gasteiger partial charge in [0.2, 0.25) is 0 Å². The Morgan fingerprint density at radius 2 is 2.05 bits per heavy atom. The zero-order valence-corrected chi connectivity index (χ0v) is 11.3. The molecule has 0 unspecified atom stereocenters. The van der Waals surface area contributed by atoms with Gasteiger partial charge in [0, 0.05) is 27.3 Å². The second-order valence-electron chi connectivity index (χ2n) is 4.08. The highest BCUT2D eigenvalue weighted by atomic mass is 16.6. The molecule has 0 aliphatic carbocycles. The number of hydrogen-bond acceptors (Lipinski definition) is 6. The Morgan fingerprint density at radius 1 is 1.32 bits per heavy atom. The summed E-state index contributed by atoms with van der Waals surface area (Å²) in [4.78, 5) is 14.6. The van der Waals surface area contributed by atoms with Crippen LogP contribution in [0.3, 0.4) is 0 Å². The van der Waals surface area contributed by atoms with Gasteiger partial charge in [0.05, 0.1) is 17.1 Å². The van der Waals surface area contributed by atoms with Crippen LogP contribution >= 0.6 is 0 Å². The van der Waals surface area contributed by atoms with Crippen LogP contribution in [0.2, 0.25) is 0 Å². The van der Waals surface area contributed by atoms with Gasteiger partial charge >= 0.3 is 0 Å². The van der Waals surface area contributed by atoms with E-state index in [1.165, 1.54) is 12.1 Å². The van der Waals surface area contributed by atoms with E-state index >= 15 is 0 Å². The van der Waals surface area contributed by atoms with E-state index in [1.807, 2.05) is 0 Å². The first-order valence-corrected chi connectivity index (χ1v) is 6.24. The maximum absolute atomic E-state index is 10.8. The van der Waals surface area contributed by atoms with E-state index in [-0.39, 0.29) is 5.69 Å². The van der Waals surface area contributed by atoms with E-state index in [1.54, 1.807) is 14.2 Å². The van der Waals surface area contributed by atoms with Crippen molar-refractivity contribution in [1.82, 2.24) is 4.98 Å². The maximum Gasteiger partial charge on any atom is 0.276 e. The molecule has 1 aromatic heterocycles. The fraction of sp³-hybridized carbons (Fsp3) is 0.583. The van der Waals surface area contributed by atoms with Crippen LogP contribution in [0.15, 0.2) is 12.1 Å². The minimum absolute atomic E-state index is 0.0289. The molecule has 0 amide bonds. The molecule has 0 radical (unpaired) electrons. The van der Waals surface area contributed by atoms with Crippen molar-refractivity contribution in [3.05, 3.63) is 22.2 Å². The Bertz CT molecular complexity index is 412. The monoisotopic (exact) mass is 268 g/mol. The van der Waals surface area contributed by atoms with Crippen molar-refractivity contribution >= 4 is 17.3 Å². The van der Waals surface area contributed by atoms with Gasteiger partial charge in [0.15, 0.2) is 0 Å². The number of ether oxygens (including phenoxy) is 1. The second kappa shape index (κ2) is 8.25. The molecule has 0 aliphatic rings. The molecule has 7 nitrogen and oxygen atoms in total. The lowest BCUT2D eigenvalue weighted by Gasteiger charge is -2.07. The third-order valence-electron chi connectivity index (χ3n) is 2.61. The SMILES string of the molecule is CNc1cc([N+](=O)[O-])cc(NCCCCCOC)n1. The van der Waals surface area contributed by atoms with Crippen molar-refractivity contribution in [2.45, 2.75) is 19.3 Å². The zero-order valence-electron chi connectivity index (χ0n) is 11.3. The summed E-state index contributed by atoms with van der Waals surface area (Å²) in [6, 6.07) is 2.85. The summed E-state index contributed by atoms with van der Waals surface area (Å²) in [5, 5.41) is 16.7. The Balaban J connectivity index is 2.48. The molecule has 0 bridgehead atoms. The number of nitrogens with one attached hydrogen (secondary N) is 2. The lowest BCUT2D eigenvalue weighted by Crippen LogP contribution is -2.06. The largest absolute Gasteiger partial charge is 0.385 e. The van der Waals surface area contributed by atoms with E-state index in [4.69, 9.17) is 4.74 Å². The van der Waals surface area contributed by atoms with Gasteiger partial charge in [-0.1, -0.05) is 0 Å². The molecule has 1 heterocycles. The van der Waals surface area contributed by atoms with Crippen molar-refractivity contribution < 1.29 is 9.66 Å². The third-order valence-corrected chi connectivity index (χ3v) is 2.61. The first-order valence-electron chi connectivity index (χ1n) is 6.24. The van der Waals surface area contributed by atoms with Crippen LogP contribution in [-0.4, -0.2) is 37.2 Å². The van der Waals surface area contributed by atoms with Crippen LogP contribution in [0.5, 0.6) is 0 Å². The first-order chi connectivity index (χ1) is 9.17. The topological polar surface area (TPSA) is 89.3 Å². The van der Waals surface area contributed by atoms with Gasteiger partial charge in [-0.2, -0.15) is 0 Å². The molecule has 0 saturated carbocycles. The summed E-state index contributed by atoms with van der Waals surface area (Å²) in [5.74, 6) is 1.00. The fourth-order valence-corrected chi connectivity index (χ4v) is 1.60. The van der Waals surface area contributed by atoms with E-state index < -0.39 is 4.92 Å². The molecular weight excluding hydrogens is 248 g/mol. The number of nitro groups is 1. The molecule has 7 heteroatoms. The van der Waals surface area contributed by atoms with Crippen LogP contribution in [0, 0.1) is 10.1 Å². The van der Waals surface area contributed by atoms with Crippen LogP contribution in [0.1, 0.15) is 19.3 Å². The highest BCUT2D eigenvalue weighted by molar-refractivity contribution is 5.54. The van der Waals surface area contributed by atoms with Gasteiger partial charge in [-0.3, -0.25) is 10.1 Å².